The number of halogens is 1. The Morgan fingerprint density at radius 1 is 1.25 bits per heavy atom. The van der Waals surface area contributed by atoms with Gasteiger partial charge in [0.2, 0.25) is 0 Å². The van der Waals surface area contributed by atoms with Crippen LogP contribution in [0.2, 0.25) is 0 Å². The number of nitrogens with one attached hydrogen (secondary N) is 1. The van der Waals surface area contributed by atoms with Crippen LogP contribution in [-0.4, -0.2) is 6.04 Å². The van der Waals surface area contributed by atoms with Gasteiger partial charge in [-0.05, 0) is 36.8 Å². The van der Waals surface area contributed by atoms with E-state index in [-0.39, 0.29) is 0 Å². The number of hydrogen-bond donors (Lipinski definition) is 2. The maximum atomic E-state index is 5.59. The molecule has 1 aromatic carbocycles. The van der Waals surface area contributed by atoms with Gasteiger partial charge in [-0.1, -0.05) is 48.0 Å². The molecule has 0 amide bonds. The summed E-state index contributed by atoms with van der Waals surface area (Å²) >= 11 is 3.57. The third-order valence-electron chi connectivity index (χ3n) is 2.75. The molecule has 1 unspecified atom stereocenters. The Balaban J connectivity index is 2.53. The van der Waals surface area contributed by atoms with Crippen molar-refractivity contribution in [3.05, 3.63) is 34.3 Å². The standard InChI is InChI=1S/C13H21BrN2/c1-10(2)7-8-12(16-15)9-11-5-3-4-6-13(11)14/h3-6,10,12,16H,7-9,15H2,1-2H3. The van der Waals surface area contributed by atoms with Crippen LogP contribution >= 0.6 is 15.9 Å². The first-order chi connectivity index (χ1) is 7.63. The second kappa shape index (κ2) is 7.05. The first-order valence-electron chi connectivity index (χ1n) is 5.83. The second-order valence-electron chi connectivity index (χ2n) is 4.63. The average molecular weight is 285 g/mol. The molecule has 0 spiro atoms. The lowest BCUT2D eigenvalue weighted by Crippen LogP contribution is -2.37. The first kappa shape index (κ1) is 13.7. The predicted octanol–water partition coefficient (Wildman–Crippen LogP) is 3.26. The van der Waals surface area contributed by atoms with Crippen LogP contribution in [0.1, 0.15) is 32.3 Å². The minimum absolute atomic E-state index is 0.362. The molecular weight excluding hydrogens is 264 g/mol. The summed E-state index contributed by atoms with van der Waals surface area (Å²) in [5.41, 5.74) is 4.23. The van der Waals surface area contributed by atoms with E-state index in [9.17, 15) is 0 Å². The van der Waals surface area contributed by atoms with E-state index < -0.39 is 0 Å². The number of hydrazine groups is 1. The molecule has 90 valence electrons. The largest absolute Gasteiger partial charge is 0.271 e. The van der Waals surface area contributed by atoms with E-state index >= 15 is 0 Å². The number of benzene rings is 1. The molecule has 3 N–H and O–H groups in total. The number of rotatable bonds is 6. The minimum Gasteiger partial charge on any atom is -0.271 e. The molecule has 1 aromatic rings. The van der Waals surface area contributed by atoms with E-state index in [1.165, 1.54) is 16.5 Å². The second-order valence-corrected chi connectivity index (χ2v) is 5.48. The van der Waals surface area contributed by atoms with E-state index in [1.807, 2.05) is 6.07 Å². The van der Waals surface area contributed by atoms with Gasteiger partial charge in [-0.3, -0.25) is 11.3 Å². The molecule has 0 saturated heterocycles. The van der Waals surface area contributed by atoms with E-state index in [0.29, 0.717) is 6.04 Å². The molecule has 1 rings (SSSR count). The van der Waals surface area contributed by atoms with Crippen molar-refractivity contribution >= 4 is 15.9 Å². The SMILES string of the molecule is CC(C)CCC(Cc1ccccc1Br)NN. The number of hydrogen-bond acceptors (Lipinski definition) is 2. The monoisotopic (exact) mass is 284 g/mol. The molecule has 1 atom stereocenters. The lowest BCUT2D eigenvalue weighted by atomic mass is 9.98. The van der Waals surface area contributed by atoms with Crippen LogP contribution in [-0.2, 0) is 6.42 Å². The molecule has 0 aliphatic carbocycles. The van der Waals surface area contributed by atoms with E-state index in [0.717, 1.165) is 18.8 Å². The van der Waals surface area contributed by atoms with Gasteiger partial charge in [0, 0.05) is 10.5 Å². The van der Waals surface area contributed by atoms with Crippen molar-refractivity contribution in [2.75, 3.05) is 0 Å². The Morgan fingerprint density at radius 3 is 2.50 bits per heavy atom. The van der Waals surface area contributed by atoms with Crippen LogP contribution in [0.15, 0.2) is 28.7 Å². The molecular formula is C13H21BrN2. The Labute approximate surface area is 107 Å². The minimum atomic E-state index is 0.362. The molecule has 0 heterocycles. The van der Waals surface area contributed by atoms with E-state index in [4.69, 9.17) is 5.84 Å². The molecule has 0 aliphatic rings. The van der Waals surface area contributed by atoms with Gasteiger partial charge in [0.25, 0.3) is 0 Å². The smallest absolute Gasteiger partial charge is 0.0251 e. The van der Waals surface area contributed by atoms with Crippen LogP contribution in [0.3, 0.4) is 0 Å². The Bertz CT molecular complexity index is 313. The van der Waals surface area contributed by atoms with Crippen molar-refractivity contribution < 1.29 is 0 Å². The van der Waals surface area contributed by atoms with Gasteiger partial charge in [-0.25, -0.2) is 0 Å². The van der Waals surface area contributed by atoms with Gasteiger partial charge in [-0.15, -0.1) is 0 Å². The van der Waals surface area contributed by atoms with Gasteiger partial charge in [-0.2, -0.15) is 0 Å². The van der Waals surface area contributed by atoms with Crippen LogP contribution in [0.5, 0.6) is 0 Å². The highest BCUT2D eigenvalue weighted by molar-refractivity contribution is 9.10. The maximum absolute atomic E-state index is 5.59. The lowest BCUT2D eigenvalue weighted by molar-refractivity contribution is 0.434. The van der Waals surface area contributed by atoms with E-state index in [2.05, 4.69) is 53.4 Å². The molecule has 16 heavy (non-hydrogen) atoms. The Kier molecular flexibility index (Phi) is 6.03. The molecule has 0 saturated carbocycles. The normalized spacial score (nSPS) is 13.1. The summed E-state index contributed by atoms with van der Waals surface area (Å²) < 4.78 is 1.17. The molecule has 0 fully saturated rings. The van der Waals surface area contributed by atoms with Gasteiger partial charge < -0.3 is 0 Å². The van der Waals surface area contributed by atoms with Gasteiger partial charge in [0.05, 0.1) is 0 Å². The van der Waals surface area contributed by atoms with Crippen molar-refractivity contribution in [2.24, 2.45) is 11.8 Å². The quantitative estimate of drug-likeness (QED) is 0.622. The third-order valence-corrected chi connectivity index (χ3v) is 3.53. The van der Waals surface area contributed by atoms with Crippen LogP contribution < -0.4 is 11.3 Å². The molecule has 0 aliphatic heterocycles. The van der Waals surface area contributed by atoms with Gasteiger partial charge in [0.1, 0.15) is 0 Å². The van der Waals surface area contributed by atoms with Crippen molar-refractivity contribution in [2.45, 2.75) is 39.2 Å². The zero-order valence-electron chi connectivity index (χ0n) is 10.0. The summed E-state index contributed by atoms with van der Waals surface area (Å²) in [6, 6.07) is 8.68. The summed E-state index contributed by atoms with van der Waals surface area (Å²) in [5.74, 6) is 6.32. The molecule has 0 aromatic heterocycles. The summed E-state index contributed by atoms with van der Waals surface area (Å²) in [6.45, 7) is 4.48. The summed E-state index contributed by atoms with van der Waals surface area (Å²) in [6.07, 6.45) is 3.31. The summed E-state index contributed by atoms with van der Waals surface area (Å²) in [7, 11) is 0. The van der Waals surface area contributed by atoms with Crippen molar-refractivity contribution in [3.8, 4) is 0 Å². The highest BCUT2D eigenvalue weighted by atomic mass is 79.9. The fourth-order valence-electron chi connectivity index (χ4n) is 1.71. The average Bonchev–Trinajstić information content (AvgIpc) is 2.26. The Hall–Kier alpha value is -0.380. The Morgan fingerprint density at radius 2 is 1.94 bits per heavy atom. The maximum Gasteiger partial charge on any atom is 0.0251 e. The molecule has 0 radical (unpaired) electrons. The molecule has 0 bridgehead atoms. The topological polar surface area (TPSA) is 38.0 Å². The van der Waals surface area contributed by atoms with Gasteiger partial charge >= 0.3 is 0 Å². The van der Waals surface area contributed by atoms with Gasteiger partial charge in [0.15, 0.2) is 0 Å². The summed E-state index contributed by atoms with van der Waals surface area (Å²) in [4.78, 5) is 0. The van der Waals surface area contributed by atoms with Crippen LogP contribution in [0, 0.1) is 5.92 Å². The number of nitrogens with two attached hydrogens (primary N) is 1. The van der Waals surface area contributed by atoms with Crippen molar-refractivity contribution in [3.63, 3.8) is 0 Å². The zero-order chi connectivity index (χ0) is 12.0. The van der Waals surface area contributed by atoms with Crippen molar-refractivity contribution in [1.29, 1.82) is 0 Å². The fourth-order valence-corrected chi connectivity index (χ4v) is 2.15. The third kappa shape index (κ3) is 4.64. The lowest BCUT2D eigenvalue weighted by Gasteiger charge is -2.17. The molecule has 3 heteroatoms. The summed E-state index contributed by atoms with van der Waals surface area (Å²) in [5, 5.41) is 0. The van der Waals surface area contributed by atoms with Crippen molar-refractivity contribution in [1.82, 2.24) is 5.43 Å². The zero-order valence-corrected chi connectivity index (χ0v) is 11.6. The highest BCUT2D eigenvalue weighted by Gasteiger charge is 2.10. The molecule has 2 nitrogen and oxygen atoms in total. The highest BCUT2D eigenvalue weighted by Crippen LogP contribution is 2.19. The first-order valence-corrected chi connectivity index (χ1v) is 6.62. The predicted molar refractivity (Wildman–Crippen MR) is 73.0 cm³/mol. The van der Waals surface area contributed by atoms with E-state index in [1.54, 1.807) is 0 Å². The fraction of sp³-hybridized carbons (Fsp3) is 0.538. The van der Waals surface area contributed by atoms with Crippen LogP contribution in [0.4, 0.5) is 0 Å². The van der Waals surface area contributed by atoms with Crippen LogP contribution in [0.25, 0.3) is 0 Å².